The van der Waals surface area contributed by atoms with E-state index in [4.69, 9.17) is 0 Å². The third-order valence-corrected chi connectivity index (χ3v) is 5.84. The van der Waals surface area contributed by atoms with Crippen LogP contribution in [-0.2, 0) is 19.5 Å². The number of benzene rings is 2. The Morgan fingerprint density at radius 1 is 0.759 bits per heavy atom. The predicted molar refractivity (Wildman–Crippen MR) is 129 cm³/mol. The molecule has 0 saturated heterocycles. The summed E-state index contributed by atoms with van der Waals surface area (Å²) in [5.41, 5.74) is 3.63. The average molecular weight is 465 g/mol. The molecule has 2 N–H and O–H groups in total. The molecule has 0 amide bonds. The second kappa shape index (κ2) is 11.8. The van der Waals surface area contributed by atoms with E-state index in [1.54, 1.807) is 22.7 Å². The van der Waals surface area contributed by atoms with Gasteiger partial charge in [0.1, 0.15) is 0 Å². The molecule has 0 aliphatic rings. The molecule has 2 heterocycles. The van der Waals surface area contributed by atoms with Crippen LogP contribution in [0.5, 0.6) is 0 Å². The molecule has 4 aromatic rings. The number of halogens is 2. The summed E-state index contributed by atoms with van der Waals surface area (Å²) < 4.78 is 0. The summed E-state index contributed by atoms with van der Waals surface area (Å²) in [6.07, 6.45) is 2.79. The number of rotatable bonds is 8. The Morgan fingerprint density at radius 3 is 2.14 bits per heavy atom. The summed E-state index contributed by atoms with van der Waals surface area (Å²) in [5, 5.41) is 10.8. The standard InChI is InChI=1S/C21H20N4S2.2ClH/c1-3-7-16(8-4-1)11-18-15-26-21(25-18)24-14-19-13-23-20(27-19)22-12-17-9-5-2-6-10-17;;/h1-10,13,15H,11-12,14H2,(H,22,23)(H,24,25);2*1H. The second-order valence-electron chi connectivity index (χ2n) is 6.13. The third-order valence-electron chi connectivity index (χ3n) is 4.03. The van der Waals surface area contributed by atoms with E-state index in [0.29, 0.717) is 0 Å². The molecule has 0 aliphatic heterocycles. The first kappa shape index (κ1) is 23.2. The van der Waals surface area contributed by atoms with Crippen LogP contribution in [0.4, 0.5) is 10.3 Å². The number of thiazole rings is 2. The number of hydrogen-bond acceptors (Lipinski definition) is 6. The van der Waals surface area contributed by atoms with E-state index in [9.17, 15) is 0 Å². The van der Waals surface area contributed by atoms with Crippen molar-refractivity contribution < 1.29 is 0 Å². The molecule has 8 heteroatoms. The van der Waals surface area contributed by atoms with E-state index in [2.05, 4.69) is 62.4 Å². The topological polar surface area (TPSA) is 49.8 Å². The molecule has 2 aromatic heterocycles. The van der Waals surface area contributed by atoms with Gasteiger partial charge in [-0.3, -0.25) is 0 Å². The Labute approximate surface area is 191 Å². The van der Waals surface area contributed by atoms with Crippen molar-refractivity contribution in [2.75, 3.05) is 10.6 Å². The highest BCUT2D eigenvalue weighted by molar-refractivity contribution is 7.15. The normalized spacial score (nSPS) is 9.93. The van der Waals surface area contributed by atoms with Crippen LogP contribution in [0, 0.1) is 0 Å². The van der Waals surface area contributed by atoms with Gasteiger partial charge in [0.05, 0.1) is 12.2 Å². The van der Waals surface area contributed by atoms with Crippen molar-refractivity contribution in [3.8, 4) is 0 Å². The van der Waals surface area contributed by atoms with Crippen LogP contribution >= 0.6 is 47.5 Å². The zero-order valence-corrected chi connectivity index (χ0v) is 18.8. The number of nitrogens with zero attached hydrogens (tertiary/aromatic N) is 2. The molecule has 2 aromatic carbocycles. The Kier molecular flexibility index (Phi) is 9.41. The van der Waals surface area contributed by atoms with Crippen molar-refractivity contribution in [3.05, 3.63) is 93.9 Å². The van der Waals surface area contributed by atoms with Crippen LogP contribution in [0.15, 0.2) is 72.2 Å². The van der Waals surface area contributed by atoms with Crippen LogP contribution in [-0.4, -0.2) is 9.97 Å². The van der Waals surface area contributed by atoms with E-state index >= 15 is 0 Å². The molecule has 0 spiro atoms. The summed E-state index contributed by atoms with van der Waals surface area (Å²) in [5.74, 6) is 0. The van der Waals surface area contributed by atoms with E-state index in [-0.39, 0.29) is 24.8 Å². The first-order chi connectivity index (χ1) is 13.3. The SMILES string of the molecule is Cl.Cl.c1ccc(CNc2ncc(CNc3nc(Cc4ccccc4)cs3)s2)cc1. The molecule has 0 bridgehead atoms. The Balaban J connectivity index is 0.00000150. The zero-order chi connectivity index (χ0) is 18.3. The van der Waals surface area contributed by atoms with Crippen LogP contribution in [0.1, 0.15) is 21.7 Å². The van der Waals surface area contributed by atoms with Gasteiger partial charge in [0, 0.05) is 29.4 Å². The van der Waals surface area contributed by atoms with Crippen molar-refractivity contribution >= 4 is 57.8 Å². The molecule has 0 atom stereocenters. The summed E-state index contributed by atoms with van der Waals surface area (Å²) in [7, 11) is 0. The predicted octanol–water partition coefficient (Wildman–Crippen LogP) is 6.26. The third kappa shape index (κ3) is 7.01. The zero-order valence-electron chi connectivity index (χ0n) is 15.6. The first-order valence-corrected chi connectivity index (χ1v) is 10.5. The number of aromatic nitrogens is 2. The Bertz CT molecular complexity index is 975. The molecule has 0 radical (unpaired) electrons. The first-order valence-electron chi connectivity index (χ1n) is 8.80. The van der Waals surface area contributed by atoms with Gasteiger partial charge in [0.2, 0.25) is 0 Å². The van der Waals surface area contributed by atoms with E-state index < -0.39 is 0 Å². The van der Waals surface area contributed by atoms with Gasteiger partial charge in [-0.2, -0.15) is 0 Å². The molecular weight excluding hydrogens is 443 g/mol. The summed E-state index contributed by atoms with van der Waals surface area (Å²) in [6, 6.07) is 20.8. The Morgan fingerprint density at radius 2 is 1.41 bits per heavy atom. The lowest BCUT2D eigenvalue weighted by atomic mass is 10.1. The minimum atomic E-state index is 0. The van der Waals surface area contributed by atoms with Gasteiger partial charge in [-0.1, -0.05) is 60.7 Å². The van der Waals surface area contributed by atoms with Gasteiger partial charge in [0.15, 0.2) is 10.3 Å². The van der Waals surface area contributed by atoms with Gasteiger partial charge in [-0.15, -0.1) is 47.5 Å². The lowest BCUT2D eigenvalue weighted by molar-refractivity contribution is 1.08. The highest BCUT2D eigenvalue weighted by Gasteiger charge is 2.05. The monoisotopic (exact) mass is 464 g/mol. The van der Waals surface area contributed by atoms with Crippen LogP contribution in [0.3, 0.4) is 0 Å². The lowest BCUT2D eigenvalue weighted by Gasteiger charge is -2.02. The molecule has 0 saturated carbocycles. The van der Waals surface area contributed by atoms with E-state index in [0.717, 1.165) is 35.5 Å². The minimum absolute atomic E-state index is 0. The molecule has 4 rings (SSSR count). The molecule has 0 fully saturated rings. The average Bonchev–Trinajstić information content (AvgIpc) is 3.36. The lowest BCUT2D eigenvalue weighted by Crippen LogP contribution is -1.98. The smallest absolute Gasteiger partial charge is 0.183 e. The fourth-order valence-corrected chi connectivity index (χ4v) is 4.14. The van der Waals surface area contributed by atoms with Crippen molar-refractivity contribution in [1.82, 2.24) is 9.97 Å². The molecule has 4 nitrogen and oxygen atoms in total. The maximum Gasteiger partial charge on any atom is 0.183 e. The highest BCUT2D eigenvalue weighted by Crippen LogP contribution is 2.22. The summed E-state index contributed by atoms with van der Waals surface area (Å²) in [4.78, 5) is 10.3. The maximum atomic E-state index is 4.68. The van der Waals surface area contributed by atoms with Crippen LogP contribution in [0.2, 0.25) is 0 Å². The van der Waals surface area contributed by atoms with Crippen molar-refractivity contribution in [2.45, 2.75) is 19.5 Å². The van der Waals surface area contributed by atoms with Gasteiger partial charge >= 0.3 is 0 Å². The molecule has 29 heavy (non-hydrogen) atoms. The minimum Gasteiger partial charge on any atom is -0.357 e. The molecule has 0 aliphatic carbocycles. The second-order valence-corrected chi connectivity index (χ2v) is 8.10. The molecule has 0 unspecified atom stereocenters. The van der Waals surface area contributed by atoms with E-state index in [1.807, 2.05) is 30.5 Å². The Hall–Kier alpha value is -2.12. The summed E-state index contributed by atoms with van der Waals surface area (Å²) in [6.45, 7) is 1.53. The summed E-state index contributed by atoms with van der Waals surface area (Å²) >= 11 is 3.32. The maximum absolute atomic E-state index is 4.68. The molecule has 152 valence electrons. The number of anilines is 2. The van der Waals surface area contributed by atoms with E-state index in [1.165, 1.54) is 16.0 Å². The van der Waals surface area contributed by atoms with Gasteiger partial charge < -0.3 is 10.6 Å². The van der Waals surface area contributed by atoms with Crippen LogP contribution in [0.25, 0.3) is 0 Å². The number of nitrogens with one attached hydrogen (secondary N) is 2. The van der Waals surface area contributed by atoms with Crippen molar-refractivity contribution in [2.24, 2.45) is 0 Å². The fraction of sp³-hybridized carbons (Fsp3) is 0.143. The largest absolute Gasteiger partial charge is 0.357 e. The quantitative estimate of drug-likeness (QED) is 0.323. The van der Waals surface area contributed by atoms with Gasteiger partial charge in [0.25, 0.3) is 0 Å². The van der Waals surface area contributed by atoms with Crippen molar-refractivity contribution in [1.29, 1.82) is 0 Å². The van der Waals surface area contributed by atoms with Crippen LogP contribution < -0.4 is 10.6 Å². The van der Waals surface area contributed by atoms with Crippen molar-refractivity contribution in [3.63, 3.8) is 0 Å². The fourth-order valence-electron chi connectivity index (χ4n) is 2.68. The van der Waals surface area contributed by atoms with Gasteiger partial charge in [-0.05, 0) is 11.1 Å². The van der Waals surface area contributed by atoms with Gasteiger partial charge in [-0.25, -0.2) is 9.97 Å². The highest BCUT2D eigenvalue weighted by atomic mass is 35.5. The molecular formula is C21H22Cl2N4S2. The number of hydrogen-bond donors (Lipinski definition) is 2.